The highest BCUT2D eigenvalue weighted by molar-refractivity contribution is 6.11. The normalized spacial score (nSPS) is 10.8. The number of methoxy groups -OCH3 is 5. The molecule has 0 fully saturated rings. The molecule has 2 aromatic rings. The molecule has 0 saturated heterocycles. The summed E-state index contributed by atoms with van der Waals surface area (Å²) in [5.74, 6) is 1.05. The highest BCUT2D eigenvalue weighted by Gasteiger charge is 2.24. The number of carbonyl (C=O) groups is 1. The largest absolute Gasteiger partial charge is 0.507 e. The Morgan fingerprint density at radius 2 is 1.42 bits per heavy atom. The molecule has 2 rings (SSSR count). The van der Waals surface area contributed by atoms with E-state index in [0.29, 0.717) is 40.5 Å². The molecule has 0 aromatic heterocycles. The SMILES string of the molecule is COCOc1cc(OCOC)c(C(=O)/C=C/c2cc(OC)c(OC)c(OC)c2)c(O)c1CC=C(C)C. The predicted octanol–water partition coefficient (Wildman–Crippen LogP) is 4.79. The second kappa shape index (κ2) is 14.0. The molecule has 0 aliphatic heterocycles. The summed E-state index contributed by atoms with van der Waals surface area (Å²) >= 11 is 0. The van der Waals surface area contributed by atoms with Gasteiger partial charge in [-0.25, -0.2) is 0 Å². The molecule has 1 N–H and O–H groups in total. The van der Waals surface area contributed by atoms with Gasteiger partial charge in [0.05, 0.1) is 21.3 Å². The molecule has 36 heavy (non-hydrogen) atoms. The number of phenols is 1. The van der Waals surface area contributed by atoms with Gasteiger partial charge in [-0.15, -0.1) is 0 Å². The first-order valence-electron chi connectivity index (χ1n) is 11.1. The summed E-state index contributed by atoms with van der Waals surface area (Å²) in [6.45, 7) is 3.71. The fourth-order valence-electron chi connectivity index (χ4n) is 3.34. The minimum atomic E-state index is -0.482. The number of hydrogen-bond acceptors (Lipinski definition) is 9. The molecule has 9 heteroatoms. The van der Waals surface area contributed by atoms with Crippen molar-refractivity contribution in [3.05, 3.63) is 52.6 Å². The van der Waals surface area contributed by atoms with Crippen LogP contribution in [0.1, 0.15) is 35.3 Å². The molecule has 0 heterocycles. The Morgan fingerprint density at radius 1 is 0.833 bits per heavy atom. The molecule has 0 amide bonds. The van der Waals surface area contributed by atoms with Gasteiger partial charge in [-0.05, 0) is 44.0 Å². The second-order valence-corrected chi connectivity index (χ2v) is 7.82. The van der Waals surface area contributed by atoms with Gasteiger partial charge in [0.1, 0.15) is 22.8 Å². The molecule has 0 atom stereocenters. The second-order valence-electron chi connectivity index (χ2n) is 7.82. The summed E-state index contributed by atoms with van der Waals surface area (Å²) in [6, 6.07) is 4.96. The molecule has 0 bridgehead atoms. The van der Waals surface area contributed by atoms with Crippen LogP contribution in [0.5, 0.6) is 34.5 Å². The quantitative estimate of drug-likeness (QED) is 0.169. The lowest BCUT2D eigenvalue weighted by Crippen LogP contribution is -2.09. The highest BCUT2D eigenvalue weighted by atomic mass is 16.7. The lowest BCUT2D eigenvalue weighted by molar-refractivity contribution is 0.0449. The number of benzene rings is 2. The van der Waals surface area contributed by atoms with Crippen LogP contribution in [0.15, 0.2) is 35.9 Å². The molecule has 0 saturated carbocycles. The van der Waals surface area contributed by atoms with Crippen LogP contribution in [-0.2, 0) is 15.9 Å². The topological polar surface area (TPSA) is 102 Å². The lowest BCUT2D eigenvalue weighted by atomic mass is 9.99. The number of allylic oxidation sites excluding steroid dienone is 3. The van der Waals surface area contributed by atoms with Crippen LogP contribution in [0, 0.1) is 0 Å². The first kappa shape index (κ1) is 28.5. The van der Waals surface area contributed by atoms with Crippen molar-refractivity contribution in [3.8, 4) is 34.5 Å². The van der Waals surface area contributed by atoms with Crippen molar-refractivity contribution in [1.82, 2.24) is 0 Å². The van der Waals surface area contributed by atoms with Crippen molar-refractivity contribution in [2.45, 2.75) is 20.3 Å². The van der Waals surface area contributed by atoms with Crippen molar-refractivity contribution in [2.24, 2.45) is 0 Å². The van der Waals surface area contributed by atoms with Crippen LogP contribution >= 0.6 is 0 Å². The monoisotopic (exact) mass is 502 g/mol. The van der Waals surface area contributed by atoms with E-state index >= 15 is 0 Å². The van der Waals surface area contributed by atoms with Crippen LogP contribution in [0.3, 0.4) is 0 Å². The highest BCUT2D eigenvalue weighted by Crippen LogP contribution is 2.41. The Kier molecular flexibility index (Phi) is 11.1. The maximum atomic E-state index is 13.3. The van der Waals surface area contributed by atoms with Gasteiger partial charge >= 0.3 is 0 Å². The number of rotatable bonds is 14. The third-order valence-electron chi connectivity index (χ3n) is 5.07. The van der Waals surface area contributed by atoms with Gasteiger partial charge in [-0.2, -0.15) is 0 Å². The Bertz CT molecular complexity index is 1070. The van der Waals surface area contributed by atoms with Crippen molar-refractivity contribution in [1.29, 1.82) is 0 Å². The number of ether oxygens (including phenoxy) is 7. The number of carbonyl (C=O) groups excluding carboxylic acids is 1. The molecule has 0 unspecified atom stereocenters. The number of ketones is 1. The fourth-order valence-corrected chi connectivity index (χ4v) is 3.34. The van der Waals surface area contributed by atoms with Gasteiger partial charge in [0.25, 0.3) is 0 Å². The summed E-state index contributed by atoms with van der Waals surface area (Å²) in [5, 5.41) is 11.2. The average molecular weight is 503 g/mol. The van der Waals surface area contributed by atoms with E-state index in [1.54, 1.807) is 24.3 Å². The molecule has 0 aliphatic carbocycles. The van der Waals surface area contributed by atoms with E-state index in [-0.39, 0.29) is 30.6 Å². The summed E-state index contributed by atoms with van der Waals surface area (Å²) in [7, 11) is 7.47. The number of phenolic OH excluding ortho intramolecular Hbond substituents is 1. The van der Waals surface area contributed by atoms with Crippen LogP contribution < -0.4 is 23.7 Å². The van der Waals surface area contributed by atoms with Crippen LogP contribution in [0.2, 0.25) is 0 Å². The van der Waals surface area contributed by atoms with Crippen LogP contribution in [-0.4, -0.2) is 60.0 Å². The van der Waals surface area contributed by atoms with Crippen molar-refractivity contribution in [2.75, 3.05) is 49.1 Å². The molecule has 0 aliphatic rings. The number of aromatic hydroxyl groups is 1. The molecule has 0 radical (unpaired) electrons. The zero-order valence-corrected chi connectivity index (χ0v) is 21.8. The smallest absolute Gasteiger partial charge is 0.203 e. The zero-order valence-electron chi connectivity index (χ0n) is 21.8. The van der Waals surface area contributed by atoms with Gasteiger partial charge in [0, 0.05) is 25.8 Å². The van der Waals surface area contributed by atoms with Crippen molar-refractivity contribution >= 4 is 11.9 Å². The summed E-state index contributed by atoms with van der Waals surface area (Å²) < 4.78 is 37.4. The van der Waals surface area contributed by atoms with Gasteiger partial charge in [-0.3, -0.25) is 4.79 Å². The number of hydrogen-bond donors (Lipinski definition) is 1. The van der Waals surface area contributed by atoms with E-state index in [0.717, 1.165) is 5.57 Å². The van der Waals surface area contributed by atoms with Gasteiger partial charge in [0.2, 0.25) is 5.75 Å². The molecular weight excluding hydrogens is 468 g/mol. The Hall–Kier alpha value is -3.69. The van der Waals surface area contributed by atoms with Gasteiger partial charge in [-0.1, -0.05) is 17.7 Å². The van der Waals surface area contributed by atoms with Crippen molar-refractivity contribution < 1.29 is 43.1 Å². The standard InChI is InChI=1S/C27H34O9/c1-17(2)8-10-19-21(35-15-30-3)14-22(36-16-31-4)25(26(19)29)20(28)11-9-18-12-23(32-5)27(34-7)24(13-18)33-6/h8-9,11-14,29H,10,15-16H2,1-7H3/b11-9+. The van der Waals surface area contributed by atoms with E-state index < -0.39 is 5.78 Å². The Balaban J connectivity index is 2.58. The minimum Gasteiger partial charge on any atom is -0.507 e. The first-order valence-corrected chi connectivity index (χ1v) is 11.1. The molecule has 0 spiro atoms. The van der Waals surface area contributed by atoms with Crippen LogP contribution in [0.4, 0.5) is 0 Å². The lowest BCUT2D eigenvalue weighted by Gasteiger charge is -2.18. The first-order chi connectivity index (χ1) is 17.3. The Morgan fingerprint density at radius 3 is 1.92 bits per heavy atom. The van der Waals surface area contributed by atoms with Gasteiger partial charge in [0.15, 0.2) is 30.9 Å². The fraction of sp³-hybridized carbons (Fsp3) is 0.370. The molecular formula is C27H34O9. The molecule has 9 nitrogen and oxygen atoms in total. The third kappa shape index (κ3) is 7.16. The maximum Gasteiger partial charge on any atom is 0.203 e. The van der Waals surface area contributed by atoms with Gasteiger partial charge < -0.3 is 38.3 Å². The summed E-state index contributed by atoms with van der Waals surface area (Å²) in [5.41, 5.74) is 2.09. The van der Waals surface area contributed by atoms with E-state index in [2.05, 4.69) is 0 Å². The van der Waals surface area contributed by atoms with Crippen LogP contribution in [0.25, 0.3) is 6.08 Å². The summed E-state index contributed by atoms with van der Waals surface area (Å²) in [4.78, 5) is 13.3. The zero-order chi connectivity index (χ0) is 26.7. The van der Waals surface area contributed by atoms with E-state index in [1.165, 1.54) is 41.6 Å². The van der Waals surface area contributed by atoms with Crippen molar-refractivity contribution in [3.63, 3.8) is 0 Å². The predicted molar refractivity (Wildman–Crippen MR) is 136 cm³/mol. The Labute approximate surface area is 211 Å². The van der Waals surface area contributed by atoms with E-state index in [4.69, 9.17) is 33.2 Å². The minimum absolute atomic E-state index is 0.0161. The molecule has 2 aromatic carbocycles. The molecule has 196 valence electrons. The van der Waals surface area contributed by atoms with E-state index in [9.17, 15) is 9.90 Å². The van der Waals surface area contributed by atoms with E-state index in [1.807, 2.05) is 19.9 Å². The maximum absolute atomic E-state index is 13.3. The average Bonchev–Trinajstić information content (AvgIpc) is 2.87. The summed E-state index contributed by atoms with van der Waals surface area (Å²) in [6.07, 6.45) is 5.17. The third-order valence-corrected chi connectivity index (χ3v) is 5.07.